The molecule has 5 fully saturated rings. The molecule has 7 N–H and O–H groups in total. The van der Waals surface area contributed by atoms with Crippen molar-refractivity contribution in [3.63, 3.8) is 0 Å². The number of nitrogens with two attached hydrogens (primary N) is 2. The van der Waals surface area contributed by atoms with Crippen LogP contribution in [-0.2, 0) is 81.9 Å². The highest BCUT2D eigenvalue weighted by atomic mass is 16.7. The smallest absolute Gasteiger partial charge is 0.445 e. The van der Waals surface area contributed by atoms with Crippen LogP contribution in [0.1, 0.15) is 272 Å². The normalized spacial score (nSPS) is 27.3. The van der Waals surface area contributed by atoms with Crippen LogP contribution >= 0.6 is 0 Å². The molecule has 22 heteroatoms. The number of nitro benzene ring substituents is 1. The van der Waals surface area contributed by atoms with Crippen molar-refractivity contribution in [1.82, 2.24) is 10.6 Å². The maximum absolute atomic E-state index is 13.7. The number of hydrogen-bond acceptors (Lipinski definition) is 19. The summed E-state index contributed by atoms with van der Waals surface area (Å²) in [7, 11) is 0. The van der Waals surface area contributed by atoms with Crippen LogP contribution in [0.4, 0.5) is 29.7 Å². The third-order valence-corrected chi connectivity index (χ3v) is 32.5. The van der Waals surface area contributed by atoms with Crippen LogP contribution in [0.2, 0.25) is 0 Å². The van der Waals surface area contributed by atoms with Crippen LogP contribution in [-0.4, -0.2) is 71.2 Å². The van der Waals surface area contributed by atoms with Crippen molar-refractivity contribution in [3.05, 3.63) is 289 Å². The van der Waals surface area contributed by atoms with Crippen molar-refractivity contribution in [3.8, 4) is 34.5 Å². The van der Waals surface area contributed by atoms with Gasteiger partial charge in [-0.1, -0.05) is 252 Å². The molecule has 0 heterocycles. The summed E-state index contributed by atoms with van der Waals surface area (Å²) >= 11 is 0. The van der Waals surface area contributed by atoms with Crippen LogP contribution in [0.5, 0.6) is 34.5 Å². The van der Waals surface area contributed by atoms with Crippen LogP contribution in [0, 0.1) is 51.0 Å². The van der Waals surface area contributed by atoms with Gasteiger partial charge in [0.25, 0.3) is 5.69 Å². The first-order chi connectivity index (χ1) is 65.2. The minimum atomic E-state index is -0.940. The molecular formula is C113H130N6O16. The summed E-state index contributed by atoms with van der Waals surface area (Å²) < 4.78 is 45.3. The predicted octanol–water partition coefficient (Wildman–Crippen LogP) is 24.4. The molecule has 22 nitrogen and oxygen atoms in total. The Morgan fingerprint density at radius 1 is 0.356 bits per heavy atom. The number of nitro groups is 1. The monoisotopic (exact) mass is 1830 g/mol. The van der Waals surface area contributed by atoms with E-state index in [1.807, 2.05) is 146 Å². The molecule has 135 heavy (non-hydrogen) atoms. The van der Waals surface area contributed by atoms with Gasteiger partial charge < -0.3 is 65.4 Å². The average molecular weight is 1830 g/mol. The number of ether oxygens (including phenoxy) is 8. The van der Waals surface area contributed by atoms with E-state index in [9.17, 15) is 44.3 Å². The van der Waals surface area contributed by atoms with Gasteiger partial charge in [0.1, 0.15) is 47.7 Å². The summed E-state index contributed by atoms with van der Waals surface area (Å²) in [4.78, 5) is 89.2. The van der Waals surface area contributed by atoms with E-state index >= 15 is 0 Å². The van der Waals surface area contributed by atoms with Crippen molar-refractivity contribution in [1.29, 1.82) is 5.41 Å². The standard InChI is InChI=1S/C49H54N2O6.C33H44N2O3.C31H32N2O7/c1-48-25-13-5-11-19-36(42(48)43(50)44(52)33-17-9-4-10-18-33)27-34-21-23-38(29-40(34)48)56-47(54)57-39-24-22-35-28-37-20-12-6-14-26-49(2,41(35)30-39)45(37)51-46(53)55-31-32-15-7-3-8-16-32;1-32-15-7-3-5-9-23(29(32)34)17-21-11-13-25(19-27(21)32)37-31(36)38-26-14-12-22-18-24-10-6-4-8-16-33(2,30(24)35)28(22)20-26;1-31-17-7-3-6-10-23(28(31)32-29(34)38-20-21-8-4-2-5-9-21)18-22-11-14-26(19-27(22)31)40-30(35)39-25-15-12-24(13-16-25)33(36)37/h3-4,7-10,15-18,21-24,29-30,36-37,42,45,50H,5-6,11-14,19-20,25-28,31H2,1-2H3,(H,51,53);11-14,19-20,23-24,29-30H,3-10,15-18,34-35H2,1-2H3;2,4-5,8-9,11-16,19,23,28H,3,6-7,10,17-18,20H2,1H3,(H,32,34)/t36-,37-,42+,45-,48+,49+;23-,24-,29-,30-,32+,33+;23-,28-,31+/m000/s1. The number of carbonyl (C=O) groups is 6. The Hall–Kier alpha value is -12.0. The fraction of sp³-hybridized carbons (Fsp3) is 0.460. The van der Waals surface area contributed by atoms with Gasteiger partial charge in [-0.25, -0.2) is 24.0 Å². The maximum Gasteiger partial charge on any atom is 0.519 e. The van der Waals surface area contributed by atoms with Crippen molar-refractivity contribution in [2.75, 3.05) is 0 Å². The lowest BCUT2D eigenvalue weighted by Gasteiger charge is -2.49. The number of fused-ring (bicyclic) bond motifs is 20. The second-order valence-corrected chi connectivity index (χ2v) is 41.1. The van der Waals surface area contributed by atoms with Gasteiger partial charge in [-0.2, -0.15) is 0 Å². The lowest BCUT2D eigenvalue weighted by molar-refractivity contribution is -0.384. The zero-order chi connectivity index (χ0) is 94.2. The lowest BCUT2D eigenvalue weighted by atomic mass is 9.54. The summed E-state index contributed by atoms with van der Waals surface area (Å²) in [5.74, 6) is 3.61. The first-order valence-corrected chi connectivity index (χ1v) is 49.5. The van der Waals surface area contributed by atoms with Gasteiger partial charge in [-0.3, -0.25) is 14.9 Å². The van der Waals surface area contributed by atoms with Gasteiger partial charge >= 0.3 is 30.7 Å². The topological polar surface area (TPSA) is 319 Å². The van der Waals surface area contributed by atoms with E-state index in [1.54, 1.807) is 18.2 Å². The number of alkyl carbamates (subject to hydrolysis) is 2. The van der Waals surface area contributed by atoms with E-state index in [-0.39, 0.29) is 106 Å². The zero-order valence-electron chi connectivity index (χ0n) is 78.7. The Bertz CT molecular complexity index is 5720. The highest BCUT2D eigenvalue weighted by Gasteiger charge is 2.53. The second-order valence-electron chi connectivity index (χ2n) is 41.1. The fourth-order valence-corrected chi connectivity index (χ4v) is 25.4. The molecule has 19 rings (SSSR count). The molecule has 0 spiro atoms. The molecule has 10 aliphatic carbocycles. The van der Waals surface area contributed by atoms with Gasteiger partial charge in [-0.05, 0) is 265 Å². The van der Waals surface area contributed by atoms with E-state index in [1.165, 1.54) is 115 Å². The first-order valence-electron chi connectivity index (χ1n) is 49.5. The van der Waals surface area contributed by atoms with Crippen molar-refractivity contribution in [2.24, 2.45) is 47.0 Å². The molecule has 10 bridgehead atoms. The van der Waals surface area contributed by atoms with Gasteiger partial charge in [-0.15, -0.1) is 0 Å². The second kappa shape index (κ2) is 41.3. The molecule has 9 aromatic rings. The van der Waals surface area contributed by atoms with E-state index < -0.39 is 41.0 Å². The largest absolute Gasteiger partial charge is 0.519 e. The molecule has 9 aromatic carbocycles. The highest BCUT2D eigenvalue weighted by molar-refractivity contribution is 6.45. The van der Waals surface area contributed by atoms with Gasteiger partial charge in [0.15, 0.2) is 0 Å². The first kappa shape index (κ1) is 94.7. The van der Waals surface area contributed by atoms with Gasteiger partial charge in [0, 0.05) is 74.9 Å². The zero-order valence-corrected chi connectivity index (χ0v) is 78.7. The fourth-order valence-electron chi connectivity index (χ4n) is 25.4. The summed E-state index contributed by atoms with van der Waals surface area (Å²) in [5, 5.41) is 26.7. The molecular weight excluding hydrogens is 1700 g/mol. The minimum Gasteiger partial charge on any atom is -0.445 e. The number of amides is 2. The van der Waals surface area contributed by atoms with Crippen molar-refractivity contribution in [2.45, 2.75) is 292 Å². The number of nitrogens with one attached hydrogen (secondary N) is 3. The molecule has 708 valence electrons. The average Bonchev–Trinajstić information content (AvgIpc) is 0.719. The van der Waals surface area contributed by atoms with Crippen molar-refractivity contribution < 1.29 is 71.6 Å². The van der Waals surface area contributed by atoms with Crippen LogP contribution in [0.3, 0.4) is 0 Å². The molecule has 0 saturated heterocycles. The maximum atomic E-state index is 13.7. The Morgan fingerprint density at radius 2 is 0.644 bits per heavy atom. The number of Topliss-reactive ketones (excluding diaryl/α,β-unsaturated/α-hetero) is 1. The molecule has 15 atom stereocenters. The Morgan fingerprint density at radius 3 is 1.01 bits per heavy atom. The molecule has 5 saturated carbocycles. The minimum absolute atomic E-state index is 0.0932. The van der Waals surface area contributed by atoms with E-state index in [2.05, 4.69) is 63.5 Å². The molecule has 0 unspecified atom stereocenters. The lowest BCUT2D eigenvalue weighted by Crippen LogP contribution is -2.57. The Labute approximate surface area is 792 Å². The van der Waals surface area contributed by atoms with Crippen LogP contribution in [0.25, 0.3) is 0 Å². The molecule has 10 aliphatic rings. The third kappa shape index (κ3) is 20.9. The number of carbonyl (C=O) groups excluding carboxylic acids is 6. The molecule has 0 aliphatic heterocycles. The number of ketones is 1. The Kier molecular flexibility index (Phi) is 29.0. The van der Waals surface area contributed by atoms with E-state index in [0.717, 1.165) is 169 Å². The highest BCUT2D eigenvalue weighted by Crippen LogP contribution is 2.55. The number of non-ortho nitro benzene ring substituents is 1. The van der Waals surface area contributed by atoms with Gasteiger partial charge in [0.05, 0.1) is 10.6 Å². The number of benzene rings is 9. The van der Waals surface area contributed by atoms with Crippen LogP contribution < -0.4 is 50.5 Å². The number of hydrogen-bond donors (Lipinski definition) is 5. The number of nitrogens with zero attached hydrogens (tertiary/aromatic N) is 1. The third-order valence-electron chi connectivity index (χ3n) is 32.5. The molecule has 2 amide bonds. The summed E-state index contributed by atoms with van der Waals surface area (Å²) in [6.07, 6.45) is 28.5. The van der Waals surface area contributed by atoms with Crippen LogP contribution in [0.15, 0.2) is 206 Å². The van der Waals surface area contributed by atoms with E-state index in [4.69, 9.17) is 49.4 Å². The molecule has 0 radical (unpaired) electrons. The molecule has 0 aromatic heterocycles. The Balaban J connectivity index is 0.000000145. The summed E-state index contributed by atoms with van der Waals surface area (Å²) in [6.45, 7) is 11.6. The number of rotatable bonds is 16. The SMILES string of the molecule is C[C@@]12CCCCC[C@@H](Cc3ccc(OC(=O)Oc4ccc([N+](=O)[O-])cc4)cc31)[C@@H]2NC(=O)OCc1ccccc1.C[C@@]12CCCCC[C@@H](Cc3ccc(OC(=O)Oc4ccc5c(c4)[C@@]4(C)CCCCC[C@@H](C5)[C@@H]4C(=N)C(=O)c4ccccc4)cc31)[C@@H]2NC(=O)OCc1ccccc1.C[C@@]12CCCCC[C@@H](Cc3ccc(OC(=O)Oc4ccc5c(c4)[C@@]4(C)CCCCC[C@@H](C5)[C@@H]4N)cc31)[C@@H]2N. The summed E-state index contributed by atoms with van der Waals surface area (Å²) in [6, 6.07) is 63.1. The van der Waals surface area contributed by atoms with E-state index in [0.29, 0.717) is 46.1 Å². The van der Waals surface area contributed by atoms with Crippen molar-refractivity contribution >= 4 is 47.8 Å². The predicted molar refractivity (Wildman–Crippen MR) is 518 cm³/mol. The van der Waals surface area contributed by atoms with Gasteiger partial charge in [0.2, 0.25) is 5.78 Å². The quantitative estimate of drug-likeness (QED) is 0.0150. The summed E-state index contributed by atoms with van der Waals surface area (Å²) in [5.41, 5.74) is 26.7.